The Hall–Kier alpha value is -1.59. The molecule has 18 heavy (non-hydrogen) atoms. The molecule has 1 aromatic carbocycles. The molecule has 0 radical (unpaired) electrons. The molecule has 1 rings (SSSR count). The number of carboxylic acid groups (broad SMARTS) is 1. The summed E-state index contributed by atoms with van der Waals surface area (Å²) in [4.78, 5) is 25.7. The van der Waals surface area contributed by atoms with Gasteiger partial charge in [0, 0.05) is 10.7 Å². The van der Waals surface area contributed by atoms with Crippen LogP contribution in [0.3, 0.4) is 0 Å². The highest BCUT2D eigenvalue weighted by molar-refractivity contribution is 6.30. The Morgan fingerprint density at radius 2 is 1.72 bits per heavy atom. The van der Waals surface area contributed by atoms with Crippen molar-refractivity contribution in [2.45, 2.75) is 0 Å². The molecule has 0 spiro atoms. The molecule has 5 nitrogen and oxygen atoms in total. The maximum atomic E-state index is 12.0. The number of amides is 1. The molecule has 0 heterocycles. The van der Waals surface area contributed by atoms with E-state index in [-0.39, 0.29) is 19.0 Å². The van der Waals surface area contributed by atoms with Crippen LogP contribution in [0.25, 0.3) is 0 Å². The molecule has 98 valence electrons. The Morgan fingerprint density at radius 3 is 2.17 bits per heavy atom. The van der Waals surface area contributed by atoms with Gasteiger partial charge in [-0.25, -0.2) is 0 Å². The quantitative estimate of drug-likeness (QED) is 0.877. The zero-order valence-corrected chi connectivity index (χ0v) is 11.0. The van der Waals surface area contributed by atoms with E-state index in [1.165, 1.54) is 4.90 Å². The third-order valence-electron chi connectivity index (χ3n) is 2.18. The normalized spacial score (nSPS) is 10.4. The van der Waals surface area contributed by atoms with Crippen LogP contribution in [0, 0.1) is 0 Å². The van der Waals surface area contributed by atoms with E-state index in [0.29, 0.717) is 10.7 Å². The largest absolute Gasteiger partial charge is 0.480 e. The van der Waals surface area contributed by atoms with Gasteiger partial charge >= 0.3 is 5.97 Å². The third kappa shape index (κ3) is 4.35. The predicted octanol–water partition coefficient (Wildman–Crippen LogP) is 1.32. The Balaban J connectivity index is 2.93. The van der Waals surface area contributed by atoms with Gasteiger partial charge in [-0.05, 0) is 38.4 Å². The summed E-state index contributed by atoms with van der Waals surface area (Å²) in [6.45, 7) is -0.218. The molecule has 0 bridgehead atoms. The number of anilines is 1. The number of rotatable bonds is 5. The Labute approximate surface area is 111 Å². The molecule has 0 aliphatic rings. The lowest BCUT2D eigenvalue weighted by molar-refractivity contribution is -0.136. The van der Waals surface area contributed by atoms with E-state index in [9.17, 15) is 9.59 Å². The van der Waals surface area contributed by atoms with Crippen LogP contribution >= 0.6 is 11.6 Å². The second kappa shape index (κ2) is 6.37. The fourth-order valence-corrected chi connectivity index (χ4v) is 1.56. The molecule has 6 heteroatoms. The van der Waals surface area contributed by atoms with Crippen LogP contribution in [0.5, 0.6) is 0 Å². The number of aliphatic carboxylic acids is 1. The summed E-state index contributed by atoms with van der Waals surface area (Å²) in [6, 6.07) is 6.49. The minimum atomic E-state index is -1.06. The topological polar surface area (TPSA) is 60.9 Å². The van der Waals surface area contributed by atoms with Gasteiger partial charge in [0.15, 0.2) is 0 Å². The maximum absolute atomic E-state index is 12.0. The average molecular weight is 271 g/mol. The summed E-state index contributed by atoms with van der Waals surface area (Å²) in [6.07, 6.45) is 0. The Bertz CT molecular complexity index is 431. The summed E-state index contributed by atoms with van der Waals surface area (Å²) in [5.41, 5.74) is 0.522. The van der Waals surface area contributed by atoms with E-state index in [2.05, 4.69) is 0 Å². The van der Waals surface area contributed by atoms with Crippen LogP contribution < -0.4 is 4.90 Å². The molecule has 0 saturated heterocycles. The number of halogens is 1. The van der Waals surface area contributed by atoms with Crippen LogP contribution in [0.15, 0.2) is 24.3 Å². The first-order valence-corrected chi connectivity index (χ1v) is 5.70. The number of carboxylic acids is 1. The van der Waals surface area contributed by atoms with Crippen LogP contribution in [-0.2, 0) is 9.59 Å². The lowest BCUT2D eigenvalue weighted by Gasteiger charge is -2.22. The van der Waals surface area contributed by atoms with Crippen LogP contribution in [0.1, 0.15) is 0 Å². The lowest BCUT2D eigenvalue weighted by Crippen LogP contribution is -2.41. The SMILES string of the molecule is CN(C)CC(=O)N(CC(=O)O)c1ccc(Cl)cc1. The number of likely N-dealkylation sites (N-methyl/N-ethyl adjacent to an activating group) is 1. The van der Waals surface area contributed by atoms with Gasteiger partial charge in [0.25, 0.3) is 0 Å². The summed E-state index contributed by atoms with van der Waals surface area (Å²) in [7, 11) is 3.50. The van der Waals surface area contributed by atoms with Crippen LogP contribution in [0.4, 0.5) is 5.69 Å². The van der Waals surface area contributed by atoms with Crippen molar-refractivity contribution in [3.8, 4) is 0 Å². The lowest BCUT2D eigenvalue weighted by atomic mass is 10.2. The van der Waals surface area contributed by atoms with Gasteiger partial charge in [-0.2, -0.15) is 0 Å². The molecule has 0 atom stereocenters. The van der Waals surface area contributed by atoms with Crippen molar-refractivity contribution in [3.05, 3.63) is 29.3 Å². The van der Waals surface area contributed by atoms with Crippen molar-refractivity contribution in [1.82, 2.24) is 4.90 Å². The summed E-state index contributed by atoms with van der Waals surface area (Å²) >= 11 is 5.76. The van der Waals surface area contributed by atoms with E-state index < -0.39 is 5.97 Å². The second-order valence-electron chi connectivity index (χ2n) is 4.09. The van der Waals surface area contributed by atoms with E-state index >= 15 is 0 Å². The van der Waals surface area contributed by atoms with Crippen molar-refractivity contribution in [2.75, 3.05) is 32.1 Å². The van der Waals surface area contributed by atoms with Crippen molar-refractivity contribution < 1.29 is 14.7 Å². The Morgan fingerprint density at radius 1 is 1.17 bits per heavy atom. The molecular formula is C12H15ClN2O3. The van der Waals surface area contributed by atoms with E-state index in [1.54, 1.807) is 43.3 Å². The van der Waals surface area contributed by atoms with Crippen LogP contribution in [0.2, 0.25) is 5.02 Å². The molecule has 0 aliphatic carbocycles. The number of nitrogens with zero attached hydrogens (tertiary/aromatic N) is 2. The van der Waals surface area contributed by atoms with Crippen molar-refractivity contribution in [3.63, 3.8) is 0 Å². The van der Waals surface area contributed by atoms with E-state index in [0.717, 1.165) is 0 Å². The first-order chi connectivity index (χ1) is 8.40. The highest BCUT2D eigenvalue weighted by atomic mass is 35.5. The zero-order chi connectivity index (χ0) is 13.7. The minimum absolute atomic E-state index is 0.149. The van der Waals surface area contributed by atoms with Crippen molar-refractivity contribution >= 4 is 29.2 Å². The number of carbonyl (C=O) groups is 2. The van der Waals surface area contributed by atoms with Crippen molar-refractivity contribution in [2.24, 2.45) is 0 Å². The number of hydrogen-bond donors (Lipinski definition) is 1. The van der Waals surface area contributed by atoms with Gasteiger partial charge in [0.1, 0.15) is 6.54 Å². The molecule has 0 saturated carbocycles. The first kappa shape index (κ1) is 14.5. The molecule has 0 unspecified atom stereocenters. The average Bonchev–Trinajstić information content (AvgIpc) is 2.26. The Kier molecular flexibility index (Phi) is 5.12. The predicted molar refractivity (Wildman–Crippen MR) is 70.0 cm³/mol. The standard InChI is InChI=1S/C12H15ClN2O3/c1-14(2)7-11(16)15(8-12(17)18)10-5-3-9(13)4-6-10/h3-6H,7-8H2,1-2H3,(H,17,18). The van der Waals surface area contributed by atoms with Gasteiger partial charge in [-0.3, -0.25) is 9.59 Å². The fraction of sp³-hybridized carbons (Fsp3) is 0.333. The third-order valence-corrected chi connectivity index (χ3v) is 2.44. The maximum Gasteiger partial charge on any atom is 0.323 e. The van der Waals surface area contributed by atoms with E-state index in [4.69, 9.17) is 16.7 Å². The number of hydrogen-bond acceptors (Lipinski definition) is 3. The van der Waals surface area contributed by atoms with Gasteiger partial charge < -0.3 is 14.9 Å². The van der Waals surface area contributed by atoms with Gasteiger partial charge in [-0.1, -0.05) is 11.6 Å². The molecule has 1 amide bonds. The van der Waals surface area contributed by atoms with Crippen LogP contribution in [-0.4, -0.2) is 49.1 Å². The zero-order valence-electron chi connectivity index (χ0n) is 10.3. The summed E-state index contributed by atoms with van der Waals surface area (Å²) in [5.74, 6) is -1.33. The van der Waals surface area contributed by atoms with Gasteiger partial charge in [0.2, 0.25) is 5.91 Å². The molecule has 1 N–H and O–H groups in total. The van der Waals surface area contributed by atoms with Gasteiger partial charge in [-0.15, -0.1) is 0 Å². The second-order valence-corrected chi connectivity index (χ2v) is 4.52. The highest BCUT2D eigenvalue weighted by Crippen LogP contribution is 2.18. The van der Waals surface area contributed by atoms with Gasteiger partial charge in [0.05, 0.1) is 6.54 Å². The van der Waals surface area contributed by atoms with Crippen molar-refractivity contribution in [1.29, 1.82) is 0 Å². The molecule has 0 aliphatic heterocycles. The summed E-state index contributed by atoms with van der Waals surface area (Å²) in [5, 5.41) is 9.39. The monoisotopic (exact) mass is 270 g/mol. The highest BCUT2D eigenvalue weighted by Gasteiger charge is 2.19. The number of benzene rings is 1. The smallest absolute Gasteiger partial charge is 0.323 e. The molecule has 0 fully saturated rings. The molecule has 0 aromatic heterocycles. The van der Waals surface area contributed by atoms with E-state index in [1.807, 2.05) is 0 Å². The summed E-state index contributed by atoms with van der Waals surface area (Å²) < 4.78 is 0. The minimum Gasteiger partial charge on any atom is -0.480 e. The first-order valence-electron chi connectivity index (χ1n) is 5.32. The fourth-order valence-electron chi connectivity index (χ4n) is 1.44. The molecule has 1 aromatic rings. The molecular weight excluding hydrogens is 256 g/mol. The number of carbonyl (C=O) groups excluding carboxylic acids is 1.